The van der Waals surface area contributed by atoms with Gasteiger partial charge in [0.2, 0.25) is 0 Å². The van der Waals surface area contributed by atoms with Gasteiger partial charge in [0.15, 0.2) is 0 Å². The van der Waals surface area contributed by atoms with Crippen LogP contribution in [-0.2, 0) is 13.1 Å². The molecule has 5 heterocycles. The Labute approximate surface area is 218 Å². The fourth-order valence-electron chi connectivity index (χ4n) is 4.92. The van der Waals surface area contributed by atoms with Crippen LogP contribution in [-0.4, -0.2) is 29.9 Å². The maximum Gasteiger partial charge on any atom is 0.138 e. The van der Waals surface area contributed by atoms with Crippen molar-refractivity contribution in [1.29, 1.82) is 0 Å². The lowest BCUT2D eigenvalue weighted by Crippen LogP contribution is -2.23. The molecule has 7 heteroatoms. The molecule has 1 N–H and O–H groups in total. The average molecular weight is 494 g/mol. The zero-order valence-electron chi connectivity index (χ0n) is 20.5. The van der Waals surface area contributed by atoms with Gasteiger partial charge < -0.3 is 9.88 Å². The number of hydrogen-bond acceptors (Lipinski definition) is 6. The van der Waals surface area contributed by atoms with Crippen LogP contribution in [0.4, 0.5) is 5.69 Å². The molecule has 0 aliphatic carbocycles. The highest BCUT2D eigenvalue weighted by atomic mass is 15.1. The average Bonchev–Trinajstić information content (AvgIpc) is 3.44. The van der Waals surface area contributed by atoms with Gasteiger partial charge in [-0.1, -0.05) is 12.1 Å². The number of fused-ring (bicyclic) bond motifs is 6. The molecule has 0 saturated carbocycles. The minimum Gasteiger partial charge on any atom is -0.360 e. The lowest BCUT2D eigenvalue weighted by molar-refractivity contribution is 0.765. The molecule has 0 spiro atoms. The minimum absolute atomic E-state index is 0.680. The molecule has 0 radical (unpaired) electrons. The van der Waals surface area contributed by atoms with E-state index in [4.69, 9.17) is 4.98 Å². The Balaban J connectivity index is 1.28. The second-order valence-electron chi connectivity index (χ2n) is 9.15. The highest BCUT2D eigenvalue weighted by molar-refractivity contribution is 6.21. The second kappa shape index (κ2) is 9.37. The summed E-state index contributed by atoms with van der Waals surface area (Å²) < 4.78 is 0. The lowest BCUT2D eigenvalue weighted by atomic mass is 10.1. The second-order valence-corrected chi connectivity index (χ2v) is 9.15. The summed E-state index contributed by atoms with van der Waals surface area (Å²) in [6.45, 7) is 1.36. The number of nitrogens with one attached hydrogen (secondary N) is 1. The standard InChI is InChI=1S/C31H23N7/c1-3-15-32-22(7-1)19-38(20-23-8-2-4-16-33-23)24-13-11-21(12-14-24)31-36-29-25-9-5-17-34-27(25)28-26(30(29)37-31)10-6-18-35-28/h1-18H,19-20H2,(H,36,37). The van der Waals surface area contributed by atoms with Crippen molar-refractivity contribution in [2.75, 3.05) is 4.90 Å². The fourth-order valence-corrected chi connectivity index (χ4v) is 4.92. The van der Waals surface area contributed by atoms with Crippen molar-refractivity contribution in [1.82, 2.24) is 29.9 Å². The highest BCUT2D eigenvalue weighted by Gasteiger charge is 2.16. The molecule has 0 aliphatic heterocycles. The summed E-state index contributed by atoms with van der Waals surface area (Å²) in [5, 5.41) is 2.01. The Morgan fingerprint density at radius 1 is 0.553 bits per heavy atom. The quantitative estimate of drug-likeness (QED) is 0.273. The molecule has 5 aromatic heterocycles. The SMILES string of the molecule is c1ccc(CN(Cc2ccccn2)c2ccc(-c3nc4c5cccnc5c5ncccc5c4[nH]3)cc2)nc1. The van der Waals surface area contributed by atoms with Gasteiger partial charge in [-0.25, -0.2) is 4.98 Å². The smallest absolute Gasteiger partial charge is 0.138 e. The van der Waals surface area contributed by atoms with Gasteiger partial charge in [-0.3, -0.25) is 19.9 Å². The van der Waals surface area contributed by atoms with Gasteiger partial charge in [-0.05, 0) is 72.8 Å². The van der Waals surface area contributed by atoms with Gasteiger partial charge in [-0.15, -0.1) is 0 Å². The van der Waals surface area contributed by atoms with Crippen molar-refractivity contribution >= 4 is 38.5 Å². The third kappa shape index (κ3) is 4.00. The van der Waals surface area contributed by atoms with E-state index in [9.17, 15) is 0 Å². The summed E-state index contributed by atoms with van der Waals surface area (Å²) in [6, 6.07) is 28.5. The molecule has 0 fully saturated rings. The number of aromatic amines is 1. The number of rotatable bonds is 6. The molecular weight excluding hydrogens is 470 g/mol. The molecule has 38 heavy (non-hydrogen) atoms. The molecule has 2 aromatic carbocycles. The van der Waals surface area contributed by atoms with Gasteiger partial charge in [0.1, 0.15) is 5.82 Å². The zero-order valence-corrected chi connectivity index (χ0v) is 20.5. The van der Waals surface area contributed by atoms with Crippen LogP contribution in [0, 0.1) is 0 Å². The Morgan fingerprint density at radius 2 is 1.16 bits per heavy atom. The summed E-state index contributed by atoms with van der Waals surface area (Å²) in [6.07, 6.45) is 7.27. The molecule has 0 unspecified atom stereocenters. The van der Waals surface area contributed by atoms with Crippen molar-refractivity contribution in [3.8, 4) is 11.4 Å². The van der Waals surface area contributed by atoms with Crippen LogP contribution in [0.3, 0.4) is 0 Å². The van der Waals surface area contributed by atoms with Crippen molar-refractivity contribution in [2.24, 2.45) is 0 Å². The van der Waals surface area contributed by atoms with E-state index < -0.39 is 0 Å². The largest absolute Gasteiger partial charge is 0.360 e. The number of nitrogens with zero attached hydrogens (tertiary/aromatic N) is 6. The summed E-state index contributed by atoms with van der Waals surface area (Å²) >= 11 is 0. The fraction of sp³-hybridized carbons (Fsp3) is 0.0645. The molecule has 182 valence electrons. The number of benzene rings is 2. The number of imidazole rings is 1. The van der Waals surface area contributed by atoms with E-state index in [-0.39, 0.29) is 0 Å². The normalized spacial score (nSPS) is 11.4. The first-order valence-electron chi connectivity index (χ1n) is 12.5. The molecular formula is C31H23N7. The van der Waals surface area contributed by atoms with E-state index in [1.54, 1.807) is 12.4 Å². The van der Waals surface area contributed by atoms with Gasteiger partial charge in [-0.2, -0.15) is 0 Å². The predicted octanol–water partition coefficient (Wildman–Crippen LogP) is 6.32. The summed E-state index contributed by atoms with van der Waals surface area (Å²) in [7, 11) is 0. The Hall–Kier alpha value is -5.17. The Morgan fingerprint density at radius 3 is 1.79 bits per heavy atom. The number of H-pyrrole nitrogens is 1. The molecule has 0 atom stereocenters. The molecule has 0 bridgehead atoms. The third-order valence-corrected chi connectivity index (χ3v) is 6.73. The first kappa shape index (κ1) is 22.1. The van der Waals surface area contributed by atoms with E-state index in [2.05, 4.69) is 66.2 Å². The summed E-state index contributed by atoms with van der Waals surface area (Å²) in [5.41, 5.74) is 7.72. The van der Waals surface area contributed by atoms with Gasteiger partial charge in [0, 0.05) is 46.8 Å². The molecule has 0 aliphatic rings. The van der Waals surface area contributed by atoms with Gasteiger partial charge in [0.05, 0.1) is 46.5 Å². The Kier molecular flexibility index (Phi) is 5.44. The van der Waals surface area contributed by atoms with Crippen LogP contribution >= 0.6 is 0 Å². The van der Waals surface area contributed by atoms with Crippen LogP contribution in [0.5, 0.6) is 0 Å². The maximum atomic E-state index is 5.01. The predicted molar refractivity (Wildman–Crippen MR) is 150 cm³/mol. The number of aromatic nitrogens is 6. The summed E-state index contributed by atoms with van der Waals surface area (Å²) in [5.74, 6) is 0.814. The number of pyridine rings is 4. The molecule has 7 rings (SSSR count). The highest BCUT2D eigenvalue weighted by Crippen LogP contribution is 2.33. The number of hydrogen-bond donors (Lipinski definition) is 1. The summed E-state index contributed by atoms with van der Waals surface area (Å²) in [4.78, 5) is 29.2. The van der Waals surface area contributed by atoms with Gasteiger partial charge in [0.25, 0.3) is 0 Å². The van der Waals surface area contributed by atoms with Crippen LogP contribution in [0.1, 0.15) is 11.4 Å². The van der Waals surface area contributed by atoms with Crippen molar-refractivity contribution < 1.29 is 0 Å². The van der Waals surface area contributed by atoms with Crippen molar-refractivity contribution in [3.63, 3.8) is 0 Å². The minimum atomic E-state index is 0.680. The molecule has 0 saturated heterocycles. The number of anilines is 1. The van der Waals surface area contributed by atoms with Crippen LogP contribution in [0.25, 0.3) is 44.2 Å². The van der Waals surface area contributed by atoms with Gasteiger partial charge >= 0.3 is 0 Å². The maximum absolute atomic E-state index is 5.01. The van der Waals surface area contributed by atoms with E-state index in [1.165, 1.54) is 0 Å². The van der Waals surface area contributed by atoms with Crippen LogP contribution in [0.15, 0.2) is 110 Å². The van der Waals surface area contributed by atoms with Crippen LogP contribution in [0.2, 0.25) is 0 Å². The Bertz CT molecular complexity index is 1750. The first-order valence-corrected chi connectivity index (χ1v) is 12.5. The lowest BCUT2D eigenvalue weighted by Gasteiger charge is -2.24. The van der Waals surface area contributed by atoms with E-state index in [1.807, 2.05) is 60.9 Å². The third-order valence-electron chi connectivity index (χ3n) is 6.73. The van der Waals surface area contributed by atoms with Crippen molar-refractivity contribution in [2.45, 2.75) is 13.1 Å². The van der Waals surface area contributed by atoms with Crippen molar-refractivity contribution in [3.05, 3.63) is 121 Å². The molecule has 7 nitrogen and oxygen atoms in total. The molecule has 0 amide bonds. The topological polar surface area (TPSA) is 83.5 Å². The van der Waals surface area contributed by atoms with E-state index in [0.717, 1.165) is 61.3 Å². The van der Waals surface area contributed by atoms with E-state index in [0.29, 0.717) is 13.1 Å². The molecule has 7 aromatic rings. The zero-order chi connectivity index (χ0) is 25.3. The first-order chi connectivity index (χ1) is 18.8. The van der Waals surface area contributed by atoms with E-state index >= 15 is 0 Å². The van der Waals surface area contributed by atoms with Crippen LogP contribution < -0.4 is 4.90 Å². The monoisotopic (exact) mass is 493 g/mol.